The van der Waals surface area contributed by atoms with Crippen molar-refractivity contribution >= 4 is 16.8 Å². The van der Waals surface area contributed by atoms with Gasteiger partial charge in [0.1, 0.15) is 0 Å². The van der Waals surface area contributed by atoms with E-state index in [4.69, 9.17) is 5.73 Å². The van der Waals surface area contributed by atoms with E-state index in [0.717, 1.165) is 23.7 Å². The Labute approximate surface area is 117 Å². The molecule has 4 N–H and O–H groups in total. The average Bonchev–Trinajstić information content (AvgIpc) is 2.95. The number of nitrogens with one attached hydrogen (secondary N) is 2. The third-order valence-electron chi connectivity index (χ3n) is 4.23. The molecule has 0 bridgehead atoms. The molecule has 5 heteroatoms. The van der Waals surface area contributed by atoms with Crippen molar-refractivity contribution in [2.45, 2.75) is 31.7 Å². The lowest BCUT2D eigenvalue weighted by Gasteiger charge is -2.31. The lowest BCUT2D eigenvalue weighted by molar-refractivity contribution is 0.0908. The van der Waals surface area contributed by atoms with Crippen molar-refractivity contribution in [3.05, 3.63) is 30.0 Å². The fraction of sp³-hybridized carbons (Fsp3) is 0.467. The molecule has 0 saturated heterocycles. The molecule has 5 nitrogen and oxygen atoms in total. The van der Waals surface area contributed by atoms with Gasteiger partial charge in [0.2, 0.25) is 0 Å². The third-order valence-corrected chi connectivity index (χ3v) is 4.23. The van der Waals surface area contributed by atoms with E-state index in [9.17, 15) is 4.79 Å². The van der Waals surface area contributed by atoms with E-state index in [1.54, 1.807) is 6.20 Å². The summed E-state index contributed by atoms with van der Waals surface area (Å²) in [6, 6.07) is 5.80. The number of hydrogen-bond acceptors (Lipinski definition) is 3. The molecule has 2 unspecified atom stereocenters. The monoisotopic (exact) mass is 272 g/mol. The third kappa shape index (κ3) is 2.54. The summed E-state index contributed by atoms with van der Waals surface area (Å²) in [6.45, 7) is 0.643. The Kier molecular flexibility index (Phi) is 3.69. The SMILES string of the molecule is NCC1CCCCC1NC(=O)c1ccc2cn[nH]c2c1. The van der Waals surface area contributed by atoms with Gasteiger partial charge < -0.3 is 11.1 Å². The minimum atomic E-state index is -0.0214. The second-order valence-electron chi connectivity index (χ2n) is 5.53. The van der Waals surface area contributed by atoms with E-state index < -0.39 is 0 Å². The molecule has 1 saturated carbocycles. The number of carbonyl (C=O) groups excluding carboxylic acids is 1. The predicted molar refractivity (Wildman–Crippen MR) is 78.4 cm³/mol. The van der Waals surface area contributed by atoms with Gasteiger partial charge in [0, 0.05) is 17.0 Å². The van der Waals surface area contributed by atoms with Crippen LogP contribution in [0.5, 0.6) is 0 Å². The topological polar surface area (TPSA) is 83.8 Å². The molecule has 20 heavy (non-hydrogen) atoms. The van der Waals surface area contributed by atoms with Crippen LogP contribution in [0.2, 0.25) is 0 Å². The highest BCUT2D eigenvalue weighted by Gasteiger charge is 2.25. The molecule has 1 aromatic carbocycles. The van der Waals surface area contributed by atoms with Crippen LogP contribution in [0, 0.1) is 5.92 Å². The number of benzene rings is 1. The molecule has 0 spiro atoms. The Hall–Kier alpha value is -1.88. The Morgan fingerprint density at radius 3 is 3.10 bits per heavy atom. The highest BCUT2D eigenvalue weighted by atomic mass is 16.1. The number of nitrogens with two attached hydrogens (primary N) is 1. The first kappa shape index (κ1) is 13.1. The van der Waals surface area contributed by atoms with E-state index in [1.807, 2.05) is 18.2 Å². The first-order valence-electron chi connectivity index (χ1n) is 7.22. The molecule has 3 rings (SSSR count). The van der Waals surface area contributed by atoms with Crippen LogP contribution in [0.15, 0.2) is 24.4 Å². The number of aromatic amines is 1. The zero-order valence-corrected chi connectivity index (χ0v) is 11.4. The molecule has 0 radical (unpaired) electrons. The molecule has 1 aromatic heterocycles. The molecule has 1 fully saturated rings. The zero-order chi connectivity index (χ0) is 13.9. The maximum absolute atomic E-state index is 12.4. The Bertz CT molecular complexity index is 607. The lowest BCUT2D eigenvalue weighted by Crippen LogP contribution is -2.44. The van der Waals surface area contributed by atoms with Gasteiger partial charge in [-0.3, -0.25) is 9.89 Å². The molecular formula is C15H20N4O. The standard InChI is InChI=1S/C15H20N4O/c16-8-11-3-1-2-4-13(11)18-15(20)10-5-6-12-9-17-19-14(12)7-10/h5-7,9,11,13H,1-4,8,16H2,(H,17,19)(H,18,20). The highest BCUT2D eigenvalue weighted by molar-refractivity contribution is 5.97. The normalized spacial score (nSPS) is 22.9. The van der Waals surface area contributed by atoms with Gasteiger partial charge in [0.05, 0.1) is 11.7 Å². The largest absolute Gasteiger partial charge is 0.349 e. The summed E-state index contributed by atoms with van der Waals surface area (Å²) in [5.74, 6) is 0.385. The van der Waals surface area contributed by atoms with Crippen molar-refractivity contribution in [1.82, 2.24) is 15.5 Å². The first-order valence-corrected chi connectivity index (χ1v) is 7.22. The molecule has 1 aliphatic carbocycles. The number of H-pyrrole nitrogens is 1. The summed E-state index contributed by atoms with van der Waals surface area (Å²) in [6.07, 6.45) is 6.28. The van der Waals surface area contributed by atoms with Crippen LogP contribution in [0.1, 0.15) is 36.0 Å². The molecular weight excluding hydrogens is 252 g/mol. The van der Waals surface area contributed by atoms with Gasteiger partial charge in [-0.2, -0.15) is 5.10 Å². The Morgan fingerprint density at radius 2 is 2.25 bits per heavy atom. The van der Waals surface area contributed by atoms with Gasteiger partial charge in [-0.25, -0.2) is 0 Å². The number of fused-ring (bicyclic) bond motifs is 1. The summed E-state index contributed by atoms with van der Waals surface area (Å²) < 4.78 is 0. The molecule has 106 valence electrons. The van der Waals surface area contributed by atoms with Crippen molar-refractivity contribution in [3.63, 3.8) is 0 Å². The summed E-state index contributed by atoms with van der Waals surface area (Å²) in [4.78, 5) is 12.4. The number of aromatic nitrogens is 2. The number of amides is 1. The predicted octanol–water partition coefficient (Wildman–Crippen LogP) is 1.81. The van der Waals surface area contributed by atoms with Crippen LogP contribution < -0.4 is 11.1 Å². The molecule has 2 aromatic rings. The van der Waals surface area contributed by atoms with Gasteiger partial charge in [-0.05, 0) is 37.4 Å². The van der Waals surface area contributed by atoms with Crippen LogP contribution in [0.4, 0.5) is 0 Å². The van der Waals surface area contributed by atoms with Gasteiger partial charge in [0.15, 0.2) is 0 Å². The number of rotatable bonds is 3. The summed E-state index contributed by atoms with van der Waals surface area (Å²) >= 11 is 0. The van der Waals surface area contributed by atoms with Crippen molar-refractivity contribution in [3.8, 4) is 0 Å². The van der Waals surface area contributed by atoms with E-state index in [1.165, 1.54) is 12.8 Å². The van der Waals surface area contributed by atoms with E-state index in [-0.39, 0.29) is 11.9 Å². The van der Waals surface area contributed by atoms with Gasteiger partial charge in [0.25, 0.3) is 5.91 Å². The van der Waals surface area contributed by atoms with Crippen LogP contribution in [-0.2, 0) is 0 Å². The second kappa shape index (κ2) is 5.63. The smallest absolute Gasteiger partial charge is 0.251 e. The van der Waals surface area contributed by atoms with Crippen molar-refractivity contribution in [2.24, 2.45) is 11.7 Å². The molecule has 1 heterocycles. The molecule has 0 aliphatic heterocycles. The molecule has 1 aliphatic rings. The van der Waals surface area contributed by atoms with Crippen LogP contribution >= 0.6 is 0 Å². The Balaban J connectivity index is 1.74. The quantitative estimate of drug-likeness (QED) is 0.796. The van der Waals surface area contributed by atoms with Crippen LogP contribution in [0.25, 0.3) is 10.9 Å². The maximum atomic E-state index is 12.4. The minimum absolute atomic E-state index is 0.0214. The first-order chi connectivity index (χ1) is 9.78. The molecule has 1 amide bonds. The summed E-state index contributed by atoms with van der Waals surface area (Å²) in [5, 5.41) is 11.0. The summed E-state index contributed by atoms with van der Waals surface area (Å²) in [7, 11) is 0. The molecule has 2 atom stereocenters. The van der Waals surface area contributed by atoms with Crippen LogP contribution in [0.3, 0.4) is 0 Å². The van der Waals surface area contributed by atoms with E-state index >= 15 is 0 Å². The van der Waals surface area contributed by atoms with Gasteiger partial charge in [-0.1, -0.05) is 18.9 Å². The van der Waals surface area contributed by atoms with E-state index in [2.05, 4.69) is 15.5 Å². The number of nitrogens with zero attached hydrogens (tertiary/aromatic N) is 1. The lowest BCUT2D eigenvalue weighted by atomic mass is 9.84. The van der Waals surface area contributed by atoms with Gasteiger partial charge in [-0.15, -0.1) is 0 Å². The second-order valence-corrected chi connectivity index (χ2v) is 5.53. The maximum Gasteiger partial charge on any atom is 0.251 e. The van der Waals surface area contributed by atoms with Gasteiger partial charge >= 0.3 is 0 Å². The van der Waals surface area contributed by atoms with Crippen molar-refractivity contribution in [1.29, 1.82) is 0 Å². The minimum Gasteiger partial charge on any atom is -0.349 e. The number of hydrogen-bond donors (Lipinski definition) is 3. The highest BCUT2D eigenvalue weighted by Crippen LogP contribution is 2.24. The zero-order valence-electron chi connectivity index (χ0n) is 11.4. The Morgan fingerprint density at radius 1 is 1.40 bits per heavy atom. The average molecular weight is 272 g/mol. The van der Waals surface area contributed by atoms with Crippen LogP contribution in [-0.4, -0.2) is 28.7 Å². The van der Waals surface area contributed by atoms with E-state index in [0.29, 0.717) is 18.0 Å². The fourth-order valence-electron chi connectivity index (χ4n) is 3.01. The summed E-state index contributed by atoms with van der Waals surface area (Å²) in [5.41, 5.74) is 7.36. The fourth-order valence-corrected chi connectivity index (χ4v) is 3.01. The van der Waals surface area contributed by atoms with Crippen molar-refractivity contribution < 1.29 is 4.79 Å². The number of carbonyl (C=O) groups is 1. The van der Waals surface area contributed by atoms with Crippen molar-refractivity contribution in [2.75, 3.05) is 6.54 Å².